The smallest absolute Gasteiger partial charge is 0.380 e. The van der Waals surface area contributed by atoms with Crippen molar-refractivity contribution in [3.05, 3.63) is 58.3 Å². The first-order valence-electron chi connectivity index (χ1n) is 5.97. The second-order valence-electron chi connectivity index (χ2n) is 4.12. The molecule has 0 bridgehead atoms. The van der Waals surface area contributed by atoms with Gasteiger partial charge in [-0.1, -0.05) is 15.9 Å². The number of hydrogen-bond acceptors (Lipinski definition) is 3. The SMILES string of the molecule is C[C@@H](Oc1cccc[n+]1[O-])C(=O)Nc1ccc(Br)cc1. The van der Waals surface area contributed by atoms with Gasteiger partial charge in [-0.25, -0.2) is 0 Å². The average molecular weight is 337 g/mol. The molecule has 0 unspecified atom stereocenters. The molecule has 0 radical (unpaired) electrons. The number of nitrogens with zero attached hydrogens (tertiary/aromatic N) is 1. The highest BCUT2D eigenvalue weighted by molar-refractivity contribution is 9.10. The predicted molar refractivity (Wildman–Crippen MR) is 78.3 cm³/mol. The number of anilines is 1. The fraction of sp³-hybridized carbons (Fsp3) is 0.143. The molecule has 1 aromatic carbocycles. The number of amides is 1. The van der Waals surface area contributed by atoms with Gasteiger partial charge in [0, 0.05) is 16.2 Å². The number of aromatic nitrogens is 1. The Hall–Kier alpha value is -2.08. The van der Waals surface area contributed by atoms with Crippen LogP contribution in [0, 0.1) is 5.21 Å². The Morgan fingerprint density at radius 3 is 2.65 bits per heavy atom. The molecule has 1 aromatic heterocycles. The molecule has 1 heterocycles. The van der Waals surface area contributed by atoms with Crippen molar-refractivity contribution in [2.45, 2.75) is 13.0 Å². The molecule has 0 fully saturated rings. The zero-order chi connectivity index (χ0) is 14.5. The van der Waals surface area contributed by atoms with Crippen LogP contribution in [0.1, 0.15) is 6.92 Å². The Morgan fingerprint density at radius 2 is 2.00 bits per heavy atom. The molecule has 1 N–H and O–H groups in total. The summed E-state index contributed by atoms with van der Waals surface area (Å²) in [6.07, 6.45) is 0.538. The summed E-state index contributed by atoms with van der Waals surface area (Å²) in [5, 5.41) is 14.1. The Bertz CT molecular complexity index is 602. The van der Waals surface area contributed by atoms with Crippen LogP contribution in [0.2, 0.25) is 0 Å². The second kappa shape index (κ2) is 6.38. The van der Waals surface area contributed by atoms with Gasteiger partial charge in [0.15, 0.2) is 12.3 Å². The number of nitrogens with one attached hydrogen (secondary N) is 1. The van der Waals surface area contributed by atoms with Crippen LogP contribution >= 0.6 is 15.9 Å². The van der Waals surface area contributed by atoms with Gasteiger partial charge < -0.3 is 15.3 Å². The lowest BCUT2D eigenvalue weighted by Crippen LogP contribution is -2.36. The minimum absolute atomic E-state index is 0.0888. The molecule has 104 valence electrons. The van der Waals surface area contributed by atoms with Crippen LogP contribution < -0.4 is 14.8 Å². The molecule has 0 aliphatic rings. The molecule has 1 atom stereocenters. The summed E-state index contributed by atoms with van der Waals surface area (Å²) in [6, 6.07) is 12.0. The summed E-state index contributed by atoms with van der Waals surface area (Å²) in [5.41, 5.74) is 0.664. The van der Waals surface area contributed by atoms with Gasteiger partial charge in [0.1, 0.15) is 0 Å². The van der Waals surface area contributed by atoms with Crippen LogP contribution in [0.3, 0.4) is 0 Å². The van der Waals surface area contributed by atoms with Gasteiger partial charge in [-0.3, -0.25) is 4.79 Å². The molecule has 5 nitrogen and oxygen atoms in total. The van der Waals surface area contributed by atoms with Gasteiger partial charge in [-0.2, -0.15) is 0 Å². The van der Waals surface area contributed by atoms with E-state index in [1.807, 2.05) is 12.1 Å². The van der Waals surface area contributed by atoms with Crippen LogP contribution in [0.25, 0.3) is 0 Å². The highest BCUT2D eigenvalue weighted by Crippen LogP contribution is 2.14. The molecular weight excluding hydrogens is 324 g/mol. The lowest BCUT2D eigenvalue weighted by Gasteiger charge is -2.13. The van der Waals surface area contributed by atoms with Crippen molar-refractivity contribution in [2.24, 2.45) is 0 Å². The zero-order valence-corrected chi connectivity index (χ0v) is 12.3. The average Bonchev–Trinajstić information content (AvgIpc) is 2.44. The third kappa shape index (κ3) is 3.71. The molecule has 0 aliphatic carbocycles. The number of rotatable bonds is 4. The molecule has 2 aromatic rings. The first-order valence-corrected chi connectivity index (χ1v) is 6.77. The Kier molecular flexibility index (Phi) is 4.57. The van der Waals surface area contributed by atoms with Crippen molar-refractivity contribution in [3.63, 3.8) is 0 Å². The van der Waals surface area contributed by atoms with E-state index in [9.17, 15) is 10.0 Å². The van der Waals surface area contributed by atoms with E-state index < -0.39 is 6.10 Å². The van der Waals surface area contributed by atoms with Crippen LogP contribution in [0.5, 0.6) is 5.88 Å². The quantitative estimate of drug-likeness (QED) is 0.689. The number of carbonyl (C=O) groups excluding carboxylic acids is 1. The van der Waals surface area contributed by atoms with E-state index in [-0.39, 0.29) is 11.8 Å². The highest BCUT2D eigenvalue weighted by atomic mass is 79.9. The first-order chi connectivity index (χ1) is 9.56. The number of ether oxygens (including phenoxy) is 1. The van der Waals surface area contributed by atoms with Gasteiger partial charge in [-0.05, 0) is 37.3 Å². The number of carbonyl (C=O) groups is 1. The van der Waals surface area contributed by atoms with Crippen molar-refractivity contribution in [1.29, 1.82) is 0 Å². The normalized spacial score (nSPS) is 11.7. The Labute approximate surface area is 124 Å². The lowest BCUT2D eigenvalue weighted by molar-refractivity contribution is -0.613. The topological polar surface area (TPSA) is 65.3 Å². The van der Waals surface area contributed by atoms with Gasteiger partial charge >= 0.3 is 5.88 Å². The summed E-state index contributed by atoms with van der Waals surface area (Å²) in [6.45, 7) is 1.58. The molecule has 2 rings (SSSR count). The van der Waals surface area contributed by atoms with Crippen molar-refractivity contribution >= 4 is 27.5 Å². The number of pyridine rings is 1. The summed E-state index contributed by atoms with van der Waals surface area (Å²) in [4.78, 5) is 12.0. The molecule has 1 amide bonds. The number of hydrogen-bond donors (Lipinski definition) is 1. The molecular formula is C14H13BrN2O3. The van der Waals surface area contributed by atoms with E-state index >= 15 is 0 Å². The van der Waals surface area contributed by atoms with E-state index in [0.717, 1.165) is 4.47 Å². The van der Waals surface area contributed by atoms with E-state index in [1.165, 1.54) is 12.3 Å². The first kappa shape index (κ1) is 14.3. The van der Waals surface area contributed by atoms with Crippen molar-refractivity contribution in [1.82, 2.24) is 0 Å². The van der Waals surface area contributed by atoms with E-state index in [1.54, 1.807) is 31.2 Å². The van der Waals surface area contributed by atoms with Gasteiger partial charge in [0.05, 0.1) is 6.07 Å². The predicted octanol–water partition coefficient (Wildman–Crippen LogP) is 2.49. The lowest BCUT2D eigenvalue weighted by atomic mass is 10.3. The van der Waals surface area contributed by atoms with E-state index in [4.69, 9.17) is 4.74 Å². The van der Waals surface area contributed by atoms with Crippen molar-refractivity contribution in [3.8, 4) is 5.88 Å². The third-order valence-electron chi connectivity index (χ3n) is 2.57. The van der Waals surface area contributed by atoms with Crippen molar-refractivity contribution < 1.29 is 14.3 Å². The third-order valence-corrected chi connectivity index (χ3v) is 3.10. The van der Waals surface area contributed by atoms with Gasteiger partial charge in [-0.15, -0.1) is 4.73 Å². The molecule has 0 spiro atoms. The molecule has 0 saturated heterocycles. The van der Waals surface area contributed by atoms with Crippen LogP contribution in [0.4, 0.5) is 5.69 Å². The number of halogens is 1. The largest absolute Gasteiger partial charge is 0.616 e. The molecule has 20 heavy (non-hydrogen) atoms. The summed E-state index contributed by atoms with van der Waals surface area (Å²) < 4.78 is 6.83. The molecule has 0 saturated carbocycles. The van der Waals surface area contributed by atoms with Crippen LogP contribution in [-0.2, 0) is 4.79 Å². The van der Waals surface area contributed by atoms with Crippen LogP contribution in [-0.4, -0.2) is 12.0 Å². The number of benzene rings is 1. The highest BCUT2D eigenvalue weighted by Gasteiger charge is 2.18. The monoisotopic (exact) mass is 336 g/mol. The maximum Gasteiger partial charge on any atom is 0.380 e. The minimum Gasteiger partial charge on any atom is -0.616 e. The minimum atomic E-state index is -0.777. The maximum absolute atomic E-state index is 12.0. The fourth-order valence-corrected chi connectivity index (χ4v) is 1.78. The van der Waals surface area contributed by atoms with Gasteiger partial charge in [0.25, 0.3) is 5.91 Å². The Morgan fingerprint density at radius 1 is 1.30 bits per heavy atom. The summed E-state index contributed by atoms with van der Waals surface area (Å²) >= 11 is 3.32. The maximum atomic E-state index is 12.0. The van der Waals surface area contributed by atoms with Crippen LogP contribution in [0.15, 0.2) is 53.1 Å². The van der Waals surface area contributed by atoms with Gasteiger partial charge in [0.2, 0.25) is 0 Å². The molecule has 0 aliphatic heterocycles. The summed E-state index contributed by atoms with van der Waals surface area (Å²) in [7, 11) is 0. The van der Waals surface area contributed by atoms with E-state index in [0.29, 0.717) is 10.4 Å². The van der Waals surface area contributed by atoms with E-state index in [2.05, 4.69) is 21.2 Å². The summed E-state index contributed by atoms with van der Waals surface area (Å²) in [5.74, 6) is -0.234. The second-order valence-corrected chi connectivity index (χ2v) is 5.04. The standard InChI is InChI=1S/C14H13BrN2O3/c1-10(20-13-4-2-3-9-17(13)19)14(18)16-12-7-5-11(15)6-8-12/h2-10H,1H3,(H,16,18)/t10-/m1/s1. The van der Waals surface area contributed by atoms with Crippen molar-refractivity contribution in [2.75, 3.05) is 5.32 Å². The fourth-order valence-electron chi connectivity index (χ4n) is 1.52. The zero-order valence-electron chi connectivity index (χ0n) is 10.7. The Balaban J connectivity index is 1.99. The molecule has 6 heteroatoms.